The van der Waals surface area contributed by atoms with Crippen LogP contribution in [-0.2, 0) is 19.3 Å². The first kappa shape index (κ1) is 25.8. The Hall–Kier alpha value is -2.43. The Kier molecular flexibility index (Phi) is 8.08. The Morgan fingerprint density at radius 3 is 2.25 bits per heavy atom. The molecule has 0 saturated heterocycles. The van der Waals surface area contributed by atoms with E-state index in [1.165, 1.54) is 6.92 Å². The number of halogens is 6. The van der Waals surface area contributed by atoms with Crippen LogP contribution < -0.4 is 17.0 Å². The highest BCUT2D eigenvalue weighted by Gasteiger charge is 2.35. The zero-order valence-electron chi connectivity index (χ0n) is 16.7. The number of nitrogens with two attached hydrogens (primary N) is 1. The fraction of sp³-hybridized carbons (Fsp3) is 0.238. The molecule has 2 N–H and O–H groups in total. The SMILES string of the molecule is Cc1c(Br)c(=O)n(CC(N)c2ccccc2)c(=O)n1Cc1c(F)cccc1C(F)(F)F.Cl. The zero-order chi connectivity index (χ0) is 22.9. The Balaban J connectivity index is 0.00000363. The van der Waals surface area contributed by atoms with Crippen LogP contribution in [0.4, 0.5) is 17.6 Å². The molecule has 2 aromatic carbocycles. The summed E-state index contributed by atoms with van der Waals surface area (Å²) < 4.78 is 56.2. The standard InChI is InChI=1S/C21H18BrF4N3O2.ClH/c1-12-18(22)19(30)29(11-17(27)13-6-3-2-4-7-13)20(31)28(12)10-14-15(21(24,25)26)8-5-9-16(14)23;/h2-9,17H,10-11,27H2,1H3;1H. The van der Waals surface area contributed by atoms with Gasteiger partial charge in [-0.3, -0.25) is 13.9 Å². The maximum atomic E-state index is 14.3. The van der Waals surface area contributed by atoms with Gasteiger partial charge >= 0.3 is 11.9 Å². The van der Waals surface area contributed by atoms with Crippen molar-refractivity contribution in [1.82, 2.24) is 9.13 Å². The molecule has 3 aromatic rings. The number of hydrogen-bond acceptors (Lipinski definition) is 3. The van der Waals surface area contributed by atoms with E-state index in [-0.39, 0.29) is 29.1 Å². The van der Waals surface area contributed by atoms with Crippen LogP contribution in [0.25, 0.3) is 0 Å². The maximum Gasteiger partial charge on any atom is 0.416 e. The molecule has 0 saturated carbocycles. The van der Waals surface area contributed by atoms with Crippen LogP contribution in [0.3, 0.4) is 0 Å². The van der Waals surface area contributed by atoms with E-state index in [1.54, 1.807) is 30.3 Å². The summed E-state index contributed by atoms with van der Waals surface area (Å²) in [7, 11) is 0. The number of rotatable bonds is 5. The summed E-state index contributed by atoms with van der Waals surface area (Å²) in [6, 6.07) is 10.6. The minimum Gasteiger partial charge on any atom is -0.322 e. The van der Waals surface area contributed by atoms with Gasteiger partial charge in [0, 0.05) is 17.3 Å². The predicted molar refractivity (Wildman–Crippen MR) is 119 cm³/mol. The second kappa shape index (κ2) is 10.0. The highest BCUT2D eigenvalue weighted by atomic mass is 79.9. The van der Waals surface area contributed by atoms with Gasteiger partial charge in [-0.1, -0.05) is 36.4 Å². The third kappa shape index (κ3) is 5.13. The second-order valence-corrected chi connectivity index (χ2v) is 7.76. The minimum absolute atomic E-state index is 0. The number of aromatic nitrogens is 2. The molecule has 0 amide bonds. The number of alkyl halides is 3. The molecule has 1 heterocycles. The van der Waals surface area contributed by atoms with Crippen LogP contribution in [0.5, 0.6) is 0 Å². The molecule has 0 aliphatic carbocycles. The van der Waals surface area contributed by atoms with Crippen LogP contribution in [0.2, 0.25) is 0 Å². The largest absolute Gasteiger partial charge is 0.416 e. The lowest BCUT2D eigenvalue weighted by Gasteiger charge is -2.20. The molecule has 0 radical (unpaired) electrons. The molecule has 11 heteroatoms. The Morgan fingerprint density at radius 1 is 1.03 bits per heavy atom. The number of benzene rings is 2. The average molecular weight is 537 g/mol. The normalized spacial score (nSPS) is 12.3. The van der Waals surface area contributed by atoms with Gasteiger partial charge in [0.25, 0.3) is 5.56 Å². The highest BCUT2D eigenvalue weighted by molar-refractivity contribution is 9.10. The minimum atomic E-state index is -4.81. The van der Waals surface area contributed by atoms with Gasteiger partial charge in [-0.25, -0.2) is 9.18 Å². The number of hydrogen-bond donors (Lipinski definition) is 1. The van der Waals surface area contributed by atoms with Gasteiger partial charge < -0.3 is 5.73 Å². The lowest BCUT2D eigenvalue weighted by molar-refractivity contribution is -0.138. The molecule has 0 fully saturated rings. The van der Waals surface area contributed by atoms with Crippen molar-refractivity contribution >= 4 is 28.3 Å². The molecule has 0 bridgehead atoms. The van der Waals surface area contributed by atoms with E-state index in [9.17, 15) is 27.2 Å². The molecule has 0 aliphatic rings. The first-order valence-electron chi connectivity index (χ1n) is 9.17. The van der Waals surface area contributed by atoms with Crippen LogP contribution in [-0.4, -0.2) is 9.13 Å². The monoisotopic (exact) mass is 535 g/mol. The van der Waals surface area contributed by atoms with Crippen molar-refractivity contribution in [3.8, 4) is 0 Å². The van der Waals surface area contributed by atoms with E-state index >= 15 is 0 Å². The molecule has 172 valence electrons. The fourth-order valence-corrected chi connectivity index (χ4v) is 3.69. The van der Waals surface area contributed by atoms with Crippen LogP contribution >= 0.6 is 28.3 Å². The van der Waals surface area contributed by atoms with Gasteiger partial charge in [-0.05, 0) is 40.5 Å². The first-order chi connectivity index (χ1) is 14.5. The van der Waals surface area contributed by atoms with Gasteiger partial charge in [-0.15, -0.1) is 12.4 Å². The summed E-state index contributed by atoms with van der Waals surface area (Å²) in [4.78, 5) is 25.7. The van der Waals surface area contributed by atoms with E-state index in [1.807, 2.05) is 0 Å². The third-order valence-corrected chi connectivity index (χ3v) is 5.88. The molecule has 1 atom stereocenters. The van der Waals surface area contributed by atoms with Crippen molar-refractivity contribution < 1.29 is 17.6 Å². The average Bonchev–Trinajstić information content (AvgIpc) is 2.73. The lowest BCUT2D eigenvalue weighted by atomic mass is 10.1. The van der Waals surface area contributed by atoms with Gasteiger partial charge in [0.15, 0.2) is 0 Å². The van der Waals surface area contributed by atoms with Gasteiger partial charge in [-0.2, -0.15) is 13.2 Å². The Morgan fingerprint density at radius 2 is 1.66 bits per heavy atom. The maximum absolute atomic E-state index is 14.3. The summed E-state index contributed by atoms with van der Waals surface area (Å²) in [5.41, 5.74) is 3.45. The topological polar surface area (TPSA) is 70.0 Å². The highest BCUT2D eigenvalue weighted by Crippen LogP contribution is 2.33. The van der Waals surface area contributed by atoms with E-state index in [0.717, 1.165) is 27.3 Å². The molecule has 1 aromatic heterocycles. The van der Waals surface area contributed by atoms with Crippen LogP contribution in [0.15, 0.2) is 62.6 Å². The molecular formula is C21H19BrClF4N3O2. The van der Waals surface area contributed by atoms with Crippen molar-refractivity contribution in [2.45, 2.75) is 32.2 Å². The second-order valence-electron chi connectivity index (χ2n) is 6.96. The fourth-order valence-electron chi connectivity index (χ4n) is 3.26. The molecule has 3 rings (SSSR count). The van der Waals surface area contributed by atoms with E-state index in [0.29, 0.717) is 5.56 Å². The Labute approximate surface area is 195 Å². The van der Waals surface area contributed by atoms with Crippen molar-refractivity contribution in [2.24, 2.45) is 5.73 Å². The van der Waals surface area contributed by atoms with Crippen molar-refractivity contribution in [1.29, 1.82) is 0 Å². The van der Waals surface area contributed by atoms with E-state index in [4.69, 9.17) is 5.73 Å². The van der Waals surface area contributed by atoms with Crippen LogP contribution in [0.1, 0.15) is 28.4 Å². The summed E-state index contributed by atoms with van der Waals surface area (Å²) in [6.07, 6.45) is -4.81. The predicted octanol–water partition coefficient (Wildman–Crippen LogP) is 4.41. The first-order valence-corrected chi connectivity index (χ1v) is 9.96. The van der Waals surface area contributed by atoms with Gasteiger partial charge in [0.05, 0.1) is 18.7 Å². The summed E-state index contributed by atoms with van der Waals surface area (Å²) in [6.45, 7) is 0.484. The summed E-state index contributed by atoms with van der Waals surface area (Å²) in [5.74, 6) is -1.10. The van der Waals surface area contributed by atoms with Gasteiger partial charge in [0.2, 0.25) is 0 Å². The van der Waals surface area contributed by atoms with E-state index in [2.05, 4.69) is 15.9 Å². The number of nitrogens with zero attached hydrogens (tertiary/aromatic N) is 2. The van der Waals surface area contributed by atoms with Crippen molar-refractivity contribution in [3.63, 3.8) is 0 Å². The summed E-state index contributed by atoms with van der Waals surface area (Å²) in [5, 5.41) is 0. The molecule has 1 unspecified atom stereocenters. The van der Waals surface area contributed by atoms with Crippen LogP contribution in [0, 0.1) is 12.7 Å². The molecule has 0 aliphatic heterocycles. The summed E-state index contributed by atoms with van der Waals surface area (Å²) >= 11 is 3.10. The quantitative estimate of drug-likeness (QED) is 0.491. The van der Waals surface area contributed by atoms with Gasteiger partial charge in [0.1, 0.15) is 10.3 Å². The third-order valence-electron chi connectivity index (χ3n) is 4.96. The van der Waals surface area contributed by atoms with E-state index < -0.39 is 47.0 Å². The molecule has 5 nitrogen and oxygen atoms in total. The van der Waals surface area contributed by atoms with Crippen molar-refractivity contribution in [2.75, 3.05) is 0 Å². The van der Waals surface area contributed by atoms with Crippen molar-refractivity contribution in [3.05, 3.63) is 102 Å². The Bertz CT molecular complexity index is 1230. The smallest absolute Gasteiger partial charge is 0.322 e. The zero-order valence-corrected chi connectivity index (χ0v) is 19.1. The molecule has 0 spiro atoms. The molecule has 32 heavy (non-hydrogen) atoms. The lowest BCUT2D eigenvalue weighted by Crippen LogP contribution is -2.44. The molecular weight excluding hydrogens is 518 g/mol.